The van der Waals surface area contributed by atoms with Gasteiger partial charge in [-0.05, 0) is 24.0 Å². The number of hydrogen-bond acceptors (Lipinski definition) is 4. The Morgan fingerprint density at radius 3 is 1.78 bits per heavy atom. The second-order valence-electron chi connectivity index (χ2n) is 8.60. The minimum Gasteiger partial charge on any atom is -0.348 e. The van der Waals surface area contributed by atoms with Gasteiger partial charge in [-0.25, -0.2) is 23.3 Å². The quantitative estimate of drug-likeness (QED) is 0.582. The molecule has 0 aliphatic heterocycles. The second-order valence-corrected chi connectivity index (χ2v) is 8.60. The molecule has 4 rings (SSSR count). The van der Waals surface area contributed by atoms with Gasteiger partial charge in [-0.3, -0.25) is 4.57 Å². The van der Waals surface area contributed by atoms with Crippen molar-refractivity contribution in [3.05, 3.63) is 70.0 Å². The lowest BCUT2D eigenvalue weighted by Crippen LogP contribution is -2.45. The van der Waals surface area contributed by atoms with Gasteiger partial charge in [0.1, 0.15) is 14.1 Å². The molecule has 8 heteroatoms. The lowest BCUT2D eigenvalue weighted by atomic mass is 9.95. The Morgan fingerprint density at radius 2 is 1.34 bits per heavy atom. The fourth-order valence-electron chi connectivity index (χ4n) is 3.98. The number of aryl methyl sites for hydroxylation is 2. The summed E-state index contributed by atoms with van der Waals surface area (Å²) in [6, 6.07) is 8.50. The third-order valence-corrected chi connectivity index (χ3v) is 5.82. The summed E-state index contributed by atoms with van der Waals surface area (Å²) in [5.41, 5.74) is 1.83. The predicted octanol–water partition coefficient (Wildman–Crippen LogP) is 1.52. The number of rotatable bonds is 3. The molecule has 0 N–H and O–H groups in total. The Labute approximate surface area is 189 Å². The average Bonchev–Trinajstić information content (AvgIpc) is 2.78. The fraction of sp³-hybridized carbons (Fsp3) is 0.458. The predicted molar refractivity (Wildman–Crippen MR) is 124 cm³/mol. The smallest absolute Gasteiger partial charge is 0.348 e. The van der Waals surface area contributed by atoms with Crippen molar-refractivity contribution in [2.75, 3.05) is 19.0 Å². The van der Waals surface area contributed by atoms with Crippen LogP contribution in [-0.4, -0.2) is 28.2 Å². The van der Waals surface area contributed by atoms with Gasteiger partial charge in [-0.15, -0.1) is 0 Å². The molecule has 0 spiro atoms. The molecule has 1 aliphatic carbocycles. The summed E-state index contributed by atoms with van der Waals surface area (Å²) in [6.45, 7) is 0. The molecule has 0 saturated heterocycles. The van der Waals surface area contributed by atoms with E-state index in [0.717, 1.165) is 25.7 Å². The van der Waals surface area contributed by atoms with Gasteiger partial charge in [0.25, 0.3) is 0 Å². The Bertz CT molecular complexity index is 1100. The highest BCUT2D eigenvalue weighted by molar-refractivity contribution is 5.60. The molecule has 1 fully saturated rings. The zero-order valence-electron chi connectivity index (χ0n) is 19.7. The minimum atomic E-state index is -0.423. The van der Waals surface area contributed by atoms with Crippen LogP contribution < -0.4 is 25.4 Å². The van der Waals surface area contributed by atoms with Gasteiger partial charge in [0.05, 0.1) is 0 Å². The Kier molecular flexibility index (Phi) is 7.56. The number of aromatic nitrogens is 5. The largest absolute Gasteiger partial charge is 0.355 e. The van der Waals surface area contributed by atoms with Gasteiger partial charge in [-0.1, -0.05) is 19.3 Å². The second kappa shape index (κ2) is 10.3. The first-order chi connectivity index (χ1) is 15.3. The van der Waals surface area contributed by atoms with E-state index in [4.69, 9.17) is 0 Å². The van der Waals surface area contributed by atoms with Crippen molar-refractivity contribution in [3.8, 4) is 11.1 Å². The van der Waals surface area contributed by atoms with E-state index in [-0.39, 0.29) is 11.7 Å². The van der Waals surface area contributed by atoms with Crippen LogP contribution in [0.4, 0.5) is 5.95 Å². The van der Waals surface area contributed by atoms with Crippen molar-refractivity contribution < 1.29 is 9.13 Å². The summed E-state index contributed by atoms with van der Waals surface area (Å²) < 4.78 is 6.83. The van der Waals surface area contributed by atoms with Crippen LogP contribution >= 0.6 is 0 Å². The van der Waals surface area contributed by atoms with Gasteiger partial charge < -0.3 is 4.90 Å². The van der Waals surface area contributed by atoms with Crippen molar-refractivity contribution >= 4 is 5.95 Å². The number of nitrogens with zero attached hydrogens (tertiary/aromatic N) is 6. The van der Waals surface area contributed by atoms with Crippen LogP contribution in [0.1, 0.15) is 38.1 Å². The third-order valence-electron chi connectivity index (χ3n) is 5.82. The van der Waals surface area contributed by atoms with E-state index < -0.39 is 5.69 Å². The first-order valence-electron chi connectivity index (χ1n) is 11.1. The van der Waals surface area contributed by atoms with E-state index in [1.807, 2.05) is 23.2 Å². The maximum Gasteiger partial charge on any atom is 0.355 e. The Morgan fingerprint density at radius 1 is 0.875 bits per heavy atom. The highest BCUT2D eigenvalue weighted by atomic mass is 16.2. The van der Waals surface area contributed by atoms with Crippen molar-refractivity contribution in [3.63, 3.8) is 0 Å². The van der Waals surface area contributed by atoms with Crippen LogP contribution in [-0.2, 0) is 21.1 Å². The summed E-state index contributed by atoms with van der Waals surface area (Å²) in [5, 5.41) is 0. The van der Waals surface area contributed by atoms with Crippen LogP contribution in [0, 0.1) is 0 Å². The van der Waals surface area contributed by atoms with Crippen molar-refractivity contribution in [2.24, 2.45) is 21.1 Å². The van der Waals surface area contributed by atoms with E-state index >= 15 is 0 Å². The Balaban J connectivity index is 0.000000186. The van der Waals surface area contributed by atoms with Gasteiger partial charge in [0.15, 0.2) is 24.8 Å². The minimum absolute atomic E-state index is 0.0219. The van der Waals surface area contributed by atoms with Crippen molar-refractivity contribution in [2.45, 2.75) is 38.1 Å². The van der Waals surface area contributed by atoms with Crippen molar-refractivity contribution in [1.82, 2.24) is 14.1 Å². The third kappa shape index (κ3) is 5.49. The van der Waals surface area contributed by atoms with E-state index in [1.54, 1.807) is 26.0 Å². The molecule has 170 valence electrons. The van der Waals surface area contributed by atoms with Gasteiger partial charge in [-0.2, -0.15) is 4.98 Å². The molecule has 0 amide bonds. The Hall–Kier alpha value is -3.29. The topological polar surface area (TPSA) is 67.9 Å². The van der Waals surface area contributed by atoms with Crippen LogP contribution in [0.15, 0.2) is 58.6 Å². The average molecular weight is 439 g/mol. The molecule has 0 unspecified atom stereocenters. The summed E-state index contributed by atoms with van der Waals surface area (Å²) in [4.78, 5) is 30.0. The number of anilines is 1. The molecular formula is C24H34N6O2+2. The van der Waals surface area contributed by atoms with E-state index in [2.05, 4.69) is 54.0 Å². The summed E-state index contributed by atoms with van der Waals surface area (Å²) in [7, 11) is 9.24. The molecule has 0 aromatic carbocycles. The molecule has 8 nitrogen and oxygen atoms in total. The first kappa shape index (κ1) is 23.4. The summed E-state index contributed by atoms with van der Waals surface area (Å²) in [5.74, 6) is 0.400. The summed E-state index contributed by atoms with van der Waals surface area (Å²) >= 11 is 0. The van der Waals surface area contributed by atoms with Crippen LogP contribution in [0.25, 0.3) is 11.1 Å². The van der Waals surface area contributed by atoms with Crippen LogP contribution in [0.3, 0.4) is 0 Å². The molecule has 1 saturated carbocycles. The molecule has 3 heterocycles. The molecule has 0 bridgehead atoms. The van der Waals surface area contributed by atoms with E-state index in [1.165, 1.54) is 26.7 Å². The maximum absolute atomic E-state index is 12.3. The van der Waals surface area contributed by atoms with Crippen LogP contribution in [0.5, 0.6) is 0 Å². The molecule has 32 heavy (non-hydrogen) atoms. The highest BCUT2D eigenvalue weighted by Crippen LogP contribution is 2.25. The zero-order chi connectivity index (χ0) is 23.3. The molecule has 0 radical (unpaired) electrons. The standard InChI is InChI=1S/C12H20N4O2.C12H14N2/c1-14(2)10-13-11(17)16(12(18)15(10)3)9-7-5-4-6-8-9;1-13-7-3-11(4-8-13)12-5-9-14(2)10-6-12/h9H,4-8H2,1-3H3;3-10H,1-2H3/q;+2. The first-order valence-corrected chi connectivity index (χ1v) is 11.1. The molecule has 0 atom stereocenters. The molecule has 1 aliphatic rings. The van der Waals surface area contributed by atoms with Gasteiger partial charge >= 0.3 is 11.4 Å². The SMILES string of the molecule is CN(C)c1nc(=O)n(C2CCCCC2)c(=O)n1C.C[n+]1ccc(-c2cc[n+](C)cc2)cc1. The van der Waals surface area contributed by atoms with Crippen LogP contribution in [0.2, 0.25) is 0 Å². The van der Waals surface area contributed by atoms with Crippen molar-refractivity contribution in [1.29, 1.82) is 0 Å². The molecule has 3 aromatic heterocycles. The summed E-state index contributed by atoms with van der Waals surface area (Å²) in [6.07, 6.45) is 13.4. The zero-order valence-corrected chi connectivity index (χ0v) is 19.7. The fourth-order valence-corrected chi connectivity index (χ4v) is 3.98. The normalized spacial score (nSPS) is 13.9. The van der Waals surface area contributed by atoms with E-state index in [9.17, 15) is 9.59 Å². The maximum atomic E-state index is 12.3. The van der Waals surface area contributed by atoms with E-state index in [0.29, 0.717) is 5.95 Å². The highest BCUT2D eigenvalue weighted by Gasteiger charge is 2.21. The number of hydrogen-bond donors (Lipinski definition) is 0. The van der Waals surface area contributed by atoms with Gasteiger partial charge in [0, 0.05) is 51.5 Å². The monoisotopic (exact) mass is 438 g/mol. The van der Waals surface area contributed by atoms with Gasteiger partial charge in [0.2, 0.25) is 5.95 Å². The lowest BCUT2D eigenvalue weighted by Gasteiger charge is -2.24. The number of pyridine rings is 2. The molecular weight excluding hydrogens is 404 g/mol. The lowest BCUT2D eigenvalue weighted by molar-refractivity contribution is -0.671. The molecule has 3 aromatic rings.